The van der Waals surface area contributed by atoms with Gasteiger partial charge in [-0.3, -0.25) is 0 Å². The van der Waals surface area contributed by atoms with Crippen molar-refractivity contribution in [2.45, 2.75) is 0 Å². The van der Waals surface area contributed by atoms with Gasteiger partial charge in [0.25, 0.3) is 0 Å². The fourth-order valence-corrected chi connectivity index (χ4v) is 1.77. The molecule has 0 unspecified atom stereocenters. The van der Waals surface area contributed by atoms with Gasteiger partial charge in [0.05, 0.1) is 6.20 Å². The molecular formula is C9H9N3S. The van der Waals surface area contributed by atoms with Crippen molar-refractivity contribution in [2.75, 3.05) is 11.5 Å². The van der Waals surface area contributed by atoms with Crippen LogP contribution in [0.1, 0.15) is 0 Å². The zero-order valence-corrected chi connectivity index (χ0v) is 7.71. The normalized spacial score (nSPS) is 10.2. The summed E-state index contributed by atoms with van der Waals surface area (Å²) in [4.78, 5) is 4.17. The molecule has 0 saturated carbocycles. The Morgan fingerprint density at radius 1 is 1.23 bits per heavy atom. The number of nitrogen functional groups attached to an aromatic ring is 2. The smallest absolute Gasteiger partial charge is 0.125 e. The molecular weight excluding hydrogens is 182 g/mol. The van der Waals surface area contributed by atoms with Gasteiger partial charge in [-0.25, -0.2) is 4.98 Å². The van der Waals surface area contributed by atoms with Crippen LogP contribution in [-0.4, -0.2) is 4.98 Å². The zero-order valence-electron chi connectivity index (χ0n) is 6.90. The summed E-state index contributed by atoms with van der Waals surface area (Å²) < 4.78 is 0. The number of aromatic nitrogens is 1. The standard InChI is InChI=1S/C9H9N3S/c10-7-3-1-2-6(4-7)9-12-5-8(11)13-9/h1-5H,10-11H2. The lowest BCUT2D eigenvalue weighted by atomic mass is 10.2. The molecule has 0 aliphatic heterocycles. The van der Waals surface area contributed by atoms with Crippen molar-refractivity contribution >= 4 is 22.0 Å². The van der Waals surface area contributed by atoms with Gasteiger partial charge in [-0.05, 0) is 12.1 Å². The van der Waals surface area contributed by atoms with Crippen molar-refractivity contribution in [1.82, 2.24) is 4.98 Å². The summed E-state index contributed by atoms with van der Waals surface area (Å²) in [6.45, 7) is 0. The van der Waals surface area contributed by atoms with E-state index in [1.54, 1.807) is 6.20 Å². The summed E-state index contributed by atoms with van der Waals surface area (Å²) >= 11 is 1.46. The van der Waals surface area contributed by atoms with E-state index in [1.165, 1.54) is 11.3 Å². The van der Waals surface area contributed by atoms with Crippen molar-refractivity contribution in [1.29, 1.82) is 0 Å². The van der Waals surface area contributed by atoms with E-state index in [9.17, 15) is 0 Å². The Hall–Kier alpha value is -1.55. The molecule has 2 rings (SSSR count). The molecule has 0 aliphatic rings. The van der Waals surface area contributed by atoms with Gasteiger partial charge in [-0.2, -0.15) is 0 Å². The molecule has 0 spiro atoms. The van der Waals surface area contributed by atoms with E-state index >= 15 is 0 Å². The molecule has 4 N–H and O–H groups in total. The number of nitrogens with two attached hydrogens (primary N) is 2. The summed E-state index contributed by atoms with van der Waals surface area (Å²) in [5, 5.41) is 1.63. The van der Waals surface area contributed by atoms with Gasteiger partial charge >= 0.3 is 0 Å². The van der Waals surface area contributed by atoms with Crippen LogP contribution in [0.15, 0.2) is 30.5 Å². The molecule has 4 heteroatoms. The highest BCUT2D eigenvalue weighted by Crippen LogP contribution is 2.27. The van der Waals surface area contributed by atoms with Crippen molar-refractivity contribution < 1.29 is 0 Å². The predicted octanol–water partition coefficient (Wildman–Crippen LogP) is 1.97. The number of thiazole rings is 1. The highest BCUT2D eigenvalue weighted by atomic mass is 32.1. The van der Waals surface area contributed by atoms with E-state index in [0.29, 0.717) is 0 Å². The molecule has 0 saturated heterocycles. The molecule has 0 fully saturated rings. The number of hydrogen-bond acceptors (Lipinski definition) is 4. The number of hydrogen-bond donors (Lipinski definition) is 2. The van der Waals surface area contributed by atoms with Crippen molar-refractivity contribution in [3.05, 3.63) is 30.5 Å². The van der Waals surface area contributed by atoms with Crippen LogP contribution in [-0.2, 0) is 0 Å². The topological polar surface area (TPSA) is 64.9 Å². The molecule has 3 nitrogen and oxygen atoms in total. The van der Waals surface area contributed by atoms with Crippen LogP contribution in [0.5, 0.6) is 0 Å². The van der Waals surface area contributed by atoms with Gasteiger partial charge in [-0.1, -0.05) is 23.5 Å². The first-order valence-electron chi connectivity index (χ1n) is 3.83. The summed E-state index contributed by atoms with van der Waals surface area (Å²) in [7, 11) is 0. The average molecular weight is 191 g/mol. The Kier molecular flexibility index (Phi) is 1.90. The summed E-state index contributed by atoms with van der Waals surface area (Å²) in [5.74, 6) is 0. The SMILES string of the molecule is Nc1cccc(-c2ncc(N)s2)c1. The van der Waals surface area contributed by atoms with Crippen LogP contribution < -0.4 is 11.5 Å². The first-order valence-corrected chi connectivity index (χ1v) is 4.64. The highest BCUT2D eigenvalue weighted by molar-refractivity contribution is 7.18. The zero-order chi connectivity index (χ0) is 9.26. The fraction of sp³-hybridized carbons (Fsp3) is 0. The van der Waals surface area contributed by atoms with E-state index in [0.717, 1.165) is 21.3 Å². The van der Waals surface area contributed by atoms with Crippen LogP contribution in [0.25, 0.3) is 10.6 Å². The van der Waals surface area contributed by atoms with Crippen molar-refractivity contribution in [2.24, 2.45) is 0 Å². The largest absolute Gasteiger partial charge is 0.399 e. The molecule has 0 atom stereocenters. The Bertz CT molecular complexity index is 422. The maximum Gasteiger partial charge on any atom is 0.125 e. The van der Waals surface area contributed by atoms with E-state index in [-0.39, 0.29) is 0 Å². The van der Waals surface area contributed by atoms with E-state index in [1.807, 2.05) is 24.3 Å². The van der Waals surface area contributed by atoms with Gasteiger partial charge < -0.3 is 11.5 Å². The van der Waals surface area contributed by atoms with Crippen LogP contribution in [0, 0.1) is 0 Å². The molecule has 66 valence electrons. The third-order valence-corrected chi connectivity index (χ3v) is 2.53. The average Bonchev–Trinajstić information content (AvgIpc) is 2.52. The number of benzene rings is 1. The lowest BCUT2D eigenvalue weighted by Crippen LogP contribution is -1.84. The maximum atomic E-state index is 5.65. The molecule has 0 radical (unpaired) electrons. The van der Waals surface area contributed by atoms with Crippen molar-refractivity contribution in [3.63, 3.8) is 0 Å². The molecule has 0 bridgehead atoms. The number of rotatable bonds is 1. The minimum atomic E-state index is 0.720. The molecule has 13 heavy (non-hydrogen) atoms. The van der Waals surface area contributed by atoms with E-state index in [2.05, 4.69) is 4.98 Å². The van der Waals surface area contributed by atoms with Crippen LogP contribution in [0.3, 0.4) is 0 Å². The highest BCUT2D eigenvalue weighted by Gasteiger charge is 2.01. The molecule has 2 aromatic rings. The second-order valence-corrected chi connectivity index (χ2v) is 3.76. The van der Waals surface area contributed by atoms with E-state index in [4.69, 9.17) is 11.5 Å². The lowest BCUT2D eigenvalue weighted by Gasteiger charge is -1.96. The maximum absolute atomic E-state index is 5.65. The summed E-state index contributed by atoms with van der Waals surface area (Å²) in [5.41, 5.74) is 13.0. The Morgan fingerprint density at radius 2 is 2.08 bits per heavy atom. The Morgan fingerprint density at radius 3 is 2.69 bits per heavy atom. The Balaban J connectivity index is 2.46. The lowest BCUT2D eigenvalue weighted by molar-refractivity contribution is 1.41. The molecule has 0 amide bonds. The molecule has 1 heterocycles. The van der Waals surface area contributed by atoms with Crippen molar-refractivity contribution in [3.8, 4) is 10.6 Å². The molecule has 0 aliphatic carbocycles. The van der Waals surface area contributed by atoms with Gasteiger partial charge in [0, 0.05) is 11.3 Å². The van der Waals surface area contributed by atoms with Gasteiger partial charge in [-0.15, -0.1) is 0 Å². The molecule has 1 aromatic carbocycles. The van der Waals surface area contributed by atoms with Gasteiger partial charge in [0.2, 0.25) is 0 Å². The monoisotopic (exact) mass is 191 g/mol. The van der Waals surface area contributed by atoms with Crippen LogP contribution in [0.4, 0.5) is 10.7 Å². The minimum absolute atomic E-state index is 0.720. The van der Waals surface area contributed by atoms with Gasteiger partial charge in [0.1, 0.15) is 10.0 Å². The summed E-state index contributed by atoms with van der Waals surface area (Å²) in [6, 6.07) is 7.61. The predicted molar refractivity (Wildman–Crippen MR) is 56.4 cm³/mol. The Labute approximate surface area is 80.0 Å². The van der Waals surface area contributed by atoms with Gasteiger partial charge in [0.15, 0.2) is 0 Å². The molecule has 1 aromatic heterocycles. The first kappa shape index (κ1) is 8.07. The third kappa shape index (κ3) is 1.62. The van der Waals surface area contributed by atoms with Crippen LogP contribution in [0.2, 0.25) is 0 Å². The number of nitrogens with zero attached hydrogens (tertiary/aromatic N) is 1. The first-order chi connectivity index (χ1) is 6.25. The van der Waals surface area contributed by atoms with Crippen LogP contribution >= 0.6 is 11.3 Å². The third-order valence-electron chi connectivity index (χ3n) is 1.66. The number of anilines is 2. The van der Waals surface area contributed by atoms with E-state index < -0.39 is 0 Å². The quantitative estimate of drug-likeness (QED) is 0.677. The minimum Gasteiger partial charge on any atom is -0.399 e. The second-order valence-electron chi connectivity index (χ2n) is 2.69. The fourth-order valence-electron chi connectivity index (χ4n) is 1.09. The second kappa shape index (κ2) is 3.06. The summed E-state index contributed by atoms with van der Waals surface area (Å²) in [6.07, 6.45) is 1.66.